The molecule has 0 aliphatic carbocycles. The average molecular weight is 256 g/mol. The minimum Gasteiger partial charge on any atom is -0.325 e. The zero-order valence-corrected chi connectivity index (χ0v) is 10.9. The lowest BCUT2D eigenvalue weighted by molar-refractivity contribution is -0.116. The van der Waals surface area contributed by atoms with Gasteiger partial charge in [-0.05, 0) is 38.4 Å². The fourth-order valence-corrected chi connectivity index (χ4v) is 1.90. The zero-order valence-electron chi connectivity index (χ0n) is 10.1. The summed E-state index contributed by atoms with van der Waals surface area (Å²) in [7, 11) is 0.408. The van der Waals surface area contributed by atoms with E-state index in [9.17, 15) is 13.2 Å². The Labute approximate surface area is 101 Å². The van der Waals surface area contributed by atoms with Crippen LogP contribution in [-0.4, -0.2) is 46.1 Å². The molecule has 1 rings (SSSR count). The van der Waals surface area contributed by atoms with Gasteiger partial charge in [0.1, 0.15) is 0 Å². The lowest BCUT2D eigenvalue weighted by atomic mass is 10.3. The van der Waals surface area contributed by atoms with E-state index in [1.54, 1.807) is 31.1 Å². The van der Waals surface area contributed by atoms with Crippen LogP contribution in [0.15, 0.2) is 29.2 Å². The van der Waals surface area contributed by atoms with Gasteiger partial charge in [-0.3, -0.25) is 4.79 Å². The summed E-state index contributed by atoms with van der Waals surface area (Å²) >= 11 is 0. The van der Waals surface area contributed by atoms with Crippen LogP contribution in [0.1, 0.15) is 0 Å². The third-order valence-electron chi connectivity index (χ3n) is 2.03. The number of rotatable bonds is 4. The van der Waals surface area contributed by atoms with Gasteiger partial charge in [0, 0.05) is 11.9 Å². The highest BCUT2D eigenvalue weighted by atomic mass is 32.2. The molecule has 5 nitrogen and oxygen atoms in total. The quantitative estimate of drug-likeness (QED) is 0.856. The standard InChI is InChI=1S/C11H16N2O3S/c1-13(2)8-11(14)12-9-4-6-10(7-5-9)17(3,15)16/h4-7H,8H2,1-3H3,(H,12,14). The van der Waals surface area contributed by atoms with E-state index < -0.39 is 9.84 Å². The Morgan fingerprint density at radius 1 is 1.24 bits per heavy atom. The number of carbonyl (C=O) groups is 1. The maximum Gasteiger partial charge on any atom is 0.238 e. The number of hydrogen-bond acceptors (Lipinski definition) is 4. The van der Waals surface area contributed by atoms with E-state index in [0.717, 1.165) is 6.26 Å². The summed E-state index contributed by atoms with van der Waals surface area (Å²) in [5, 5.41) is 2.68. The first-order valence-corrected chi connectivity index (χ1v) is 6.93. The molecule has 17 heavy (non-hydrogen) atoms. The zero-order chi connectivity index (χ0) is 13.1. The summed E-state index contributed by atoms with van der Waals surface area (Å²) in [5.41, 5.74) is 0.587. The van der Waals surface area contributed by atoms with Crippen LogP contribution >= 0.6 is 0 Å². The number of carbonyl (C=O) groups excluding carboxylic acids is 1. The van der Waals surface area contributed by atoms with Gasteiger partial charge >= 0.3 is 0 Å². The van der Waals surface area contributed by atoms with Gasteiger partial charge in [-0.15, -0.1) is 0 Å². The van der Waals surface area contributed by atoms with Gasteiger partial charge in [0.15, 0.2) is 9.84 Å². The third-order valence-corrected chi connectivity index (χ3v) is 3.15. The molecule has 0 unspecified atom stereocenters. The van der Waals surface area contributed by atoms with E-state index in [1.807, 2.05) is 0 Å². The Hall–Kier alpha value is -1.40. The molecule has 0 spiro atoms. The van der Waals surface area contributed by atoms with Crippen molar-refractivity contribution in [1.82, 2.24) is 4.90 Å². The van der Waals surface area contributed by atoms with Gasteiger partial charge in [0.25, 0.3) is 0 Å². The van der Waals surface area contributed by atoms with E-state index in [2.05, 4.69) is 5.32 Å². The van der Waals surface area contributed by atoms with Crippen molar-refractivity contribution < 1.29 is 13.2 Å². The summed E-state index contributed by atoms with van der Waals surface area (Å²) in [4.78, 5) is 13.4. The molecule has 0 aliphatic rings. The van der Waals surface area contributed by atoms with Crippen LogP contribution < -0.4 is 5.32 Å². The van der Waals surface area contributed by atoms with Gasteiger partial charge in [-0.25, -0.2) is 8.42 Å². The molecule has 0 saturated carbocycles. The van der Waals surface area contributed by atoms with Gasteiger partial charge < -0.3 is 10.2 Å². The topological polar surface area (TPSA) is 66.5 Å². The molecule has 0 bridgehead atoms. The van der Waals surface area contributed by atoms with Crippen LogP contribution in [0.5, 0.6) is 0 Å². The summed E-state index contributed by atoms with van der Waals surface area (Å²) in [6.45, 7) is 0.286. The lowest BCUT2D eigenvalue weighted by Gasteiger charge is -2.10. The summed E-state index contributed by atoms with van der Waals surface area (Å²) in [5.74, 6) is -0.137. The summed E-state index contributed by atoms with van der Waals surface area (Å²) in [6, 6.07) is 6.09. The minimum absolute atomic E-state index is 0.137. The van der Waals surface area contributed by atoms with Crippen molar-refractivity contribution in [3.05, 3.63) is 24.3 Å². The molecule has 1 aromatic carbocycles. The van der Waals surface area contributed by atoms with Gasteiger partial charge in [0.05, 0.1) is 11.4 Å². The van der Waals surface area contributed by atoms with Gasteiger partial charge in [-0.2, -0.15) is 0 Å². The molecular weight excluding hydrogens is 240 g/mol. The molecule has 94 valence electrons. The highest BCUT2D eigenvalue weighted by Gasteiger charge is 2.07. The van der Waals surface area contributed by atoms with Crippen LogP contribution in [0.4, 0.5) is 5.69 Å². The second kappa shape index (κ2) is 5.29. The molecule has 0 atom stereocenters. The Bertz CT molecular complexity index is 492. The molecule has 6 heteroatoms. The molecule has 0 heterocycles. The number of sulfone groups is 1. The Kier molecular flexibility index (Phi) is 4.25. The fourth-order valence-electron chi connectivity index (χ4n) is 1.27. The minimum atomic E-state index is -3.19. The molecule has 0 aromatic heterocycles. The normalized spacial score (nSPS) is 11.5. The van der Waals surface area contributed by atoms with Crippen molar-refractivity contribution in [2.24, 2.45) is 0 Å². The summed E-state index contributed by atoms with van der Waals surface area (Å²) in [6.07, 6.45) is 1.15. The monoisotopic (exact) mass is 256 g/mol. The van der Waals surface area contributed by atoms with Crippen LogP contribution in [0.2, 0.25) is 0 Å². The van der Waals surface area contributed by atoms with Crippen molar-refractivity contribution >= 4 is 21.4 Å². The van der Waals surface area contributed by atoms with Crippen molar-refractivity contribution in [2.75, 3.05) is 32.2 Å². The number of nitrogens with zero attached hydrogens (tertiary/aromatic N) is 1. The highest BCUT2D eigenvalue weighted by molar-refractivity contribution is 7.90. The molecule has 0 aliphatic heterocycles. The Morgan fingerprint density at radius 3 is 2.18 bits per heavy atom. The number of nitrogens with one attached hydrogen (secondary N) is 1. The first-order valence-electron chi connectivity index (χ1n) is 5.04. The first kappa shape index (κ1) is 13.7. The number of amides is 1. The van der Waals surface area contributed by atoms with Crippen molar-refractivity contribution in [3.63, 3.8) is 0 Å². The van der Waals surface area contributed by atoms with Crippen LogP contribution in [0.3, 0.4) is 0 Å². The van der Waals surface area contributed by atoms with Crippen molar-refractivity contribution in [1.29, 1.82) is 0 Å². The number of benzene rings is 1. The Morgan fingerprint density at radius 2 is 1.76 bits per heavy atom. The predicted molar refractivity (Wildman–Crippen MR) is 66.7 cm³/mol. The molecule has 1 amide bonds. The van der Waals surface area contributed by atoms with Gasteiger partial charge in [0.2, 0.25) is 5.91 Å². The van der Waals surface area contributed by atoms with Crippen LogP contribution in [0.25, 0.3) is 0 Å². The number of likely N-dealkylation sites (N-methyl/N-ethyl adjacent to an activating group) is 1. The Balaban J connectivity index is 2.73. The predicted octanol–water partition coefficient (Wildman–Crippen LogP) is 0.590. The van der Waals surface area contributed by atoms with Crippen molar-refractivity contribution in [3.8, 4) is 0 Å². The van der Waals surface area contributed by atoms with E-state index in [1.165, 1.54) is 12.1 Å². The highest BCUT2D eigenvalue weighted by Crippen LogP contribution is 2.13. The smallest absolute Gasteiger partial charge is 0.238 e. The van der Waals surface area contributed by atoms with E-state index in [0.29, 0.717) is 5.69 Å². The second-order valence-electron chi connectivity index (χ2n) is 4.08. The van der Waals surface area contributed by atoms with E-state index in [-0.39, 0.29) is 17.3 Å². The van der Waals surface area contributed by atoms with E-state index >= 15 is 0 Å². The maximum atomic E-state index is 11.4. The number of anilines is 1. The molecule has 1 aromatic rings. The SMILES string of the molecule is CN(C)CC(=O)Nc1ccc(S(C)(=O)=O)cc1. The third kappa shape index (κ3) is 4.54. The van der Waals surface area contributed by atoms with Crippen LogP contribution in [-0.2, 0) is 14.6 Å². The maximum absolute atomic E-state index is 11.4. The van der Waals surface area contributed by atoms with Crippen molar-refractivity contribution in [2.45, 2.75) is 4.90 Å². The number of hydrogen-bond donors (Lipinski definition) is 1. The second-order valence-corrected chi connectivity index (χ2v) is 6.10. The largest absolute Gasteiger partial charge is 0.325 e. The average Bonchev–Trinajstić information content (AvgIpc) is 2.15. The lowest BCUT2D eigenvalue weighted by Crippen LogP contribution is -2.27. The fraction of sp³-hybridized carbons (Fsp3) is 0.364. The first-order chi connectivity index (χ1) is 7.79. The molecule has 0 fully saturated rings. The molecule has 0 saturated heterocycles. The summed E-state index contributed by atoms with van der Waals surface area (Å²) < 4.78 is 22.4. The molecule has 0 radical (unpaired) electrons. The van der Waals surface area contributed by atoms with Gasteiger partial charge in [-0.1, -0.05) is 0 Å². The molecular formula is C11H16N2O3S. The van der Waals surface area contributed by atoms with E-state index in [4.69, 9.17) is 0 Å². The molecule has 1 N–H and O–H groups in total. The van der Waals surface area contributed by atoms with Crippen LogP contribution in [0, 0.1) is 0 Å².